The van der Waals surface area contributed by atoms with Crippen molar-refractivity contribution in [3.63, 3.8) is 0 Å². The van der Waals surface area contributed by atoms with Crippen LogP contribution in [0.25, 0.3) is 0 Å². The molecule has 2 aliphatic rings. The number of cyclic esters (lactones) is 1. The van der Waals surface area contributed by atoms with Gasteiger partial charge in [-0.15, -0.1) is 12.4 Å². The van der Waals surface area contributed by atoms with Crippen LogP contribution < -0.4 is 5.73 Å². The molecular weight excluding hydrogens is 357 g/mol. The second-order valence-corrected chi connectivity index (χ2v) is 7.49. The van der Waals surface area contributed by atoms with Gasteiger partial charge in [-0.1, -0.05) is 12.1 Å². The number of halogens is 2. The average Bonchev–Trinajstić information content (AvgIpc) is 3.40. The molecule has 1 aromatic carbocycles. The van der Waals surface area contributed by atoms with Crippen molar-refractivity contribution in [2.24, 2.45) is 17.6 Å². The summed E-state index contributed by atoms with van der Waals surface area (Å²) in [5.41, 5.74) is 6.94. The van der Waals surface area contributed by atoms with E-state index in [4.69, 9.17) is 15.2 Å². The van der Waals surface area contributed by atoms with Gasteiger partial charge in [0.15, 0.2) is 0 Å². The summed E-state index contributed by atoms with van der Waals surface area (Å²) in [5, 5.41) is 0. The van der Waals surface area contributed by atoms with Crippen molar-refractivity contribution in [2.45, 2.75) is 63.7 Å². The predicted octanol–water partition coefficient (Wildman–Crippen LogP) is 3.64. The Labute approximate surface area is 161 Å². The molecule has 2 fully saturated rings. The highest BCUT2D eigenvalue weighted by molar-refractivity contribution is 5.85. The maximum absolute atomic E-state index is 13.2. The lowest BCUT2D eigenvalue weighted by Crippen LogP contribution is -2.39. The Kier molecular flexibility index (Phi) is 7.86. The van der Waals surface area contributed by atoms with Gasteiger partial charge in [0, 0.05) is 12.5 Å². The number of esters is 1. The first kappa shape index (κ1) is 21.1. The molecule has 4 atom stereocenters. The third-order valence-corrected chi connectivity index (χ3v) is 5.32. The van der Waals surface area contributed by atoms with Crippen molar-refractivity contribution < 1.29 is 18.7 Å². The highest BCUT2D eigenvalue weighted by Gasteiger charge is 2.34. The largest absolute Gasteiger partial charge is 0.461 e. The van der Waals surface area contributed by atoms with E-state index >= 15 is 0 Å². The van der Waals surface area contributed by atoms with Gasteiger partial charge in [-0.2, -0.15) is 0 Å². The zero-order valence-corrected chi connectivity index (χ0v) is 16.1. The molecule has 6 heteroatoms. The van der Waals surface area contributed by atoms with Gasteiger partial charge in [-0.3, -0.25) is 4.79 Å². The van der Waals surface area contributed by atoms with Crippen molar-refractivity contribution in [2.75, 3.05) is 6.61 Å². The third-order valence-electron chi connectivity index (χ3n) is 5.32. The summed E-state index contributed by atoms with van der Waals surface area (Å²) in [6.07, 6.45) is 5.25. The molecule has 1 heterocycles. The van der Waals surface area contributed by atoms with E-state index in [9.17, 15) is 9.18 Å². The fourth-order valence-corrected chi connectivity index (χ4v) is 3.47. The Hall–Kier alpha value is -1.17. The van der Waals surface area contributed by atoms with Crippen molar-refractivity contribution in [1.29, 1.82) is 0 Å². The Balaban J connectivity index is 0.00000243. The Bertz CT molecular complexity index is 579. The van der Waals surface area contributed by atoms with Crippen LogP contribution in [0.5, 0.6) is 0 Å². The molecule has 0 aromatic heterocycles. The van der Waals surface area contributed by atoms with Crippen LogP contribution in [0.1, 0.15) is 44.6 Å². The molecule has 0 radical (unpaired) electrons. The van der Waals surface area contributed by atoms with Crippen LogP contribution >= 0.6 is 12.4 Å². The fraction of sp³-hybridized carbons (Fsp3) is 0.650. The SMILES string of the molecule is C[C@@H]1OC(=O)[C@@H](N)CCC[C@H](OCC2CC2)[C@H]1Cc1ccc(F)cc1.Cl. The maximum Gasteiger partial charge on any atom is 0.323 e. The molecule has 1 saturated heterocycles. The molecule has 0 spiro atoms. The minimum Gasteiger partial charge on any atom is -0.461 e. The van der Waals surface area contributed by atoms with E-state index in [0.29, 0.717) is 18.8 Å². The Morgan fingerprint density at radius 1 is 1.19 bits per heavy atom. The summed E-state index contributed by atoms with van der Waals surface area (Å²) < 4.78 is 25.1. The minimum atomic E-state index is -0.559. The zero-order valence-electron chi connectivity index (χ0n) is 15.2. The molecule has 0 unspecified atom stereocenters. The van der Waals surface area contributed by atoms with E-state index in [0.717, 1.165) is 25.0 Å². The predicted molar refractivity (Wildman–Crippen MR) is 101 cm³/mol. The third kappa shape index (κ3) is 5.93. The van der Waals surface area contributed by atoms with Crippen LogP contribution in [-0.2, 0) is 20.7 Å². The van der Waals surface area contributed by atoms with Crippen LogP contribution in [0.15, 0.2) is 24.3 Å². The number of hydrogen-bond acceptors (Lipinski definition) is 4. The van der Waals surface area contributed by atoms with Crippen LogP contribution in [-0.4, -0.2) is 30.8 Å². The molecule has 1 aliphatic heterocycles. The molecule has 0 bridgehead atoms. The first-order chi connectivity index (χ1) is 12.0. The fourth-order valence-electron chi connectivity index (χ4n) is 3.47. The normalized spacial score (nSPS) is 29.7. The monoisotopic (exact) mass is 385 g/mol. The van der Waals surface area contributed by atoms with E-state index in [2.05, 4.69) is 0 Å². The lowest BCUT2D eigenvalue weighted by molar-refractivity contribution is -0.155. The van der Waals surface area contributed by atoms with Crippen molar-refractivity contribution in [3.8, 4) is 0 Å². The first-order valence-electron chi connectivity index (χ1n) is 9.35. The van der Waals surface area contributed by atoms with E-state index in [1.807, 2.05) is 6.92 Å². The van der Waals surface area contributed by atoms with Gasteiger partial charge < -0.3 is 15.2 Å². The minimum absolute atomic E-state index is 0. The summed E-state index contributed by atoms with van der Waals surface area (Å²) in [6.45, 7) is 2.69. The van der Waals surface area contributed by atoms with Gasteiger partial charge in [-0.05, 0) is 69.1 Å². The molecule has 3 rings (SSSR count). The zero-order chi connectivity index (χ0) is 17.8. The molecule has 0 amide bonds. The molecule has 1 aliphatic carbocycles. The van der Waals surface area contributed by atoms with Crippen LogP contribution in [0.3, 0.4) is 0 Å². The quantitative estimate of drug-likeness (QED) is 0.786. The van der Waals surface area contributed by atoms with Gasteiger partial charge in [0.05, 0.1) is 6.10 Å². The van der Waals surface area contributed by atoms with Gasteiger partial charge in [0.2, 0.25) is 0 Å². The lowest BCUT2D eigenvalue weighted by atomic mass is 9.87. The highest BCUT2D eigenvalue weighted by Crippen LogP contribution is 2.32. The van der Waals surface area contributed by atoms with Crippen LogP contribution in [0.4, 0.5) is 4.39 Å². The van der Waals surface area contributed by atoms with Crippen molar-refractivity contribution in [1.82, 2.24) is 0 Å². The van der Waals surface area contributed by atoms with E-state index in [-0.39, 0.29) is 42.3 Å². The number of nitrogens with two attached hydrogens (primary N) is 1. The summed E-state index contributed by atoms with van der Waals surface area (Å²) in [7, 11) is 0. The van der Waals surface area contributed by atoms with Gasteiger partial charge in [-0.25, -0.2) is 4.39 Å². The number of ether oxygens (including phenoxy) is 2. The molecule has 2 N–H and O–H groups in total. The number of rotatable bonds is 5. The first-order valence-corrected chi connectivity index (χ1v) is 9.35. The summed E-state index contributed by atoms with van der Waals surface area (Å²) in [5.74, 6) is 0.141. The second-order valence-electron chi connectivity index (χ2n) is 7.49. The standard InChI is InChI=1S/C20H28FNO3.ClH/c1-13-17(11-14-7-9-16(21)10-8-14)19(24-12-15-5-6-15)4-2-3-18(22)20(23)25-13;/h7-10,13,15,17-19H,2-6,11-12,22H2,1H3;1H/t13-,17-,18-,19-;/m0./s1. The number of benzene rings is 1. The lowest BCUT2D eigenvalue weighted by Gasteiger charge is -2.31. The second kappa shape index (κ2) is 9.67. The smallest absolute Gasteiger partial charge is 0.323 e. The number of hydrogen-bond donors (Lipinski definition) is 1. The average molecular weight is 386 g/mol. The highest BCUT2D eigenvalue weighted by atomic mass is 35.5. The summed E-state index contributed by atoms with van der Waals surface area (Å²) >= 11 is 0. The number of carbonyl (C=O) groups excluding carboxylic acids is 1. The van der Waals surface area contributed by atoms with Crippen LogP contribution in [0.2, 0.25) is 0 Å². The van der Waals surface area contributed by atoms with Gasteiger partial charge >= 0.3 is 5.97 Å². The Morgan fingerprint density at radius 3 is 2.54 bits per heavy atom. The van der Waals surface area contributed by atoms with E-state index in [1.54, 1.807) is 12.1 Å². The Morgan fingerprint density at radius 2 is 1.88 bits per heavy atom. The molecule has 1 saturated carbocycles. The molecule has 26 heavy (non-hydrogen) atoms. The maximum atomic E-state index is 13.2. The topological polar surface area (TPSA) is 61.5 Å². The van der Waals surface area contributed by atoms with Gasteiger partial charge in [0.25, 0.3) is 0 Å². The molecule has 4 nitrogen and oxygen atoms in total. The molecule has 1 aromatic rings. The number of carbonyl (C=O) groups is 1. The molecule has 146 valence electrons. The van der Waals surface area contributed by atoms with Crippen molar-refractivity contribution in [3.05, 3.63) is 35.6 Å². The van der Waals surface area contributed by atoms with Gasteiger partial charge in [0.1, 0.15) is 18.0 Å². The van der Waals surface area contributed by atoms with E-state index < -0.39 is 6.04 Å². The molecular formula is C20H29ClFNO3. The van der Waals surface area contributed by atoms with Crippen molar-refractivity contribution >= 4 is 18.4 Å². The summed E-state index contributed by atoms with van der Waals surface area (Å²) in [4.78, 5) is 12.1. The van der Waals surface area contributed by atoms with E-state index in [1.165, 1.54) is 25.0 Å². The van der Waals surface area contributed by atoms with Crippen LogP contribution in [0, 0.1) is 17.7 Å². The summed E-state index contributed by atoms with van der Waals surface area (Å²) in [6, 6.07) is 5.96.